The Morgan fingerprint density at radius 2 is 1.89 bits per heavy atom. The van der Waals surface area contributed by atoms with Crippen LogP contribution in [0.25, 0.3) is 0 Å². The van der Waals surface area contributed by atoms with Gasteiger partial charge in [0.15, 0.2) is 0 Å². The second-order valence-electron chi connectivity index (χ2n) is 5.65. The van der Waals surface area contributed by atoms with Crippen LogP contribution in [0.5, 0.6) is 0 Å². The average Bonchev–Trinajstić information content (AvgIpc) is 3.29. The van der Waals surface area contributed by atoms with Gasteiger partial charge in [-0.3, -0.25) is 0 Å². The molecule has 3 heteroatoms. The molecule has 96 valence electrons. The van der Waals surface area contributed by atoms with E-state index in [0.717, 1.165) is 19.0 Å². The number of carbonyl (C=O) groups excluding carboxylic acids is 1. The maximum absolute atomic E-state index is 11.7. The molecule has 2 N–H and O–H groups in total. The zero-order valence-corrected chi connectivity index (χ0v) is 10.6. The first kappa shape index (κ1) is 11.6. The lowest BCUT2D eigenvalue weighted by Crippen LogP contribution is -2.40. The van der Waals surface area contributed by atoms with Gasteiger partial charge in [0, 0.05) is 18.5 Å². The standard InChI is InChI=1S/C15H20N2O/c18-14(16-10-12-6-7-12)17-11-15(8-9-15)13-4-2-1-3-5-13/h1-5,12H,6-11H2,(H2,16,17,18). The molecule has 0 aromatic heterocycles. The van der Waals surface area contributed by atoms with Crippen molar-refractivity contribution in [1.29, 1.82) is 0 Å². The first-order chi connectivity index (χ1) is 8.78. The van der Waals surface area contributed by atoms with Crippen LogP contribution in [0.15, 0.2) is 30.3 Å². The summed E-state index contributed by atoms with van der Waals surface area (Å²) >= 11 is 0. The molecule has 0 saturated heterocycles. The van der Waals surface area contributed by atoms with Crippen LogP contribution in [-0.4, -0.2) is 19.1 Å². The fourth-order valence-corrected chi connectivity index (χ4v) is 2.38. The first-order valence-electron chi connectivity index (χ1n) is 6.86. The van der Waals surface area contributed by atoms with Gasteiger partial charge >= 0.3 is 6.03 Å². The Labute approximate surface area is 108 Å². The van der Waals surface area contributed by atoms with Crippen molar-refractivity contribution < 1.29 is 4.79 Å². The Hall–Kier alpha value is -1.51. The maximum atomic E-state index is 11.7. The van der Waals surface area contributed by atoms with Crippen molar-refractivity contribution >= 4 is 6.03 Å². The molecule has 0 radical (unpaired) electrons. The number of amides is 2. The van der Waals surface area contributed by atoms with Gasteiger partial charge in [-0.15, -0.1) is 0 Å². The number of rotatable bonds is 5. The van der Waals surface area contributed by atoms with Gasteiger partial charge in [0.1, 0.15) is 0 Å². The predicted molar refractivity (Wildman–Crippen MR) is 71.5 cm³/mol. The van der Waals surface area contributed by atoms with Crippen molar-refractivity contribution in [1.82, 2.24) is 10.6 Å². The molecule has 0 heterocycles. The number of benzene rings is 1. The molecule has 2 fully saturated rings. The van der Waals surface area contributed by atoms with Gasteiger partial charge in [-0.25, -0.2) is 4.79 Å². The fraction of sp³-hybridized carbons (Fsp3) is 0.533. The van der Waals surface area contributed by atoms with Crippen LogP contribution in [0.2, 0.25) is 0 Å². The van der Waals surface area contributed by atoms with E-state index in [1.807, 2.05) is 6.07 Å². The highest BCUT2D eigenvalue weighted by molar-refractivity contribution is 5.74. The highest BCUT2D eigenvalue weighted by Gasteiger charge is 2.44. The number of urea groups is 1. The predicted octanol–water partition coefficient (Wildman–Crippen LogP) is 2.43. The zero-order valence-electron chi connectivity index (χ0n) is 10.6. The topological polar surface area (TPSA) is 41.1 Å². The molecule has 2 saturated carbocycles. The van der Waals surface area contributed by atoms with Crippen molar-refractivity contribution in [3.05, 3.63) is 35.9 Å². The van der Waals surface area contributed by atoms with E-state index in [2.05, 4.69) is 34.9 Å². The van der Waals surface area contributed by atoms with Crippen molar-refractivity contribution in [3.8, 4) is 0 Å². The smallest absolute Gasteiger partial charge is 0.314 e. The maximum Gasteiger partial charge on any atom is 0.314 e. The van der Waals surface area contributed by atoms with E-state index in [1.54, 1.807) is 0 Å². The summed E-state index contributed by atoms with van der Waals surface area (Å²) in [4.78, 5) is 11.7. The van der Waals surface area contributed by atoms with Crippen LogP contribution in [0.4, 0.5) is 4.79 Å². The molecule has 2 aliphatic carbocycles. The van der Waals surface area contributed by atoms with Crippen molar-refractivity contribution in [2.24, 2.45) is 5.92 Å². The highest BCUT2D eigenvalue weighted by Crippen LogP contribution is 2.47. The van der Waals surface area contributed by atoms with E-state index in [0.29, 0.717) is 0 Å². The molecule has 0 unspecified atom stereocenters. The summed E-state index contributed by atoms with van der Waals surface area (Å²) in [5, 5.41) is 5.96. The molecule has 2 amide bonds. The normalized spacial score (nSPS) is 20.2. The second kappa shape index (κ2) is 4.63. The van der Waals surface area contributed by atoms with Gasteiger partial charge < -0.3 is 10.6 Å². The summed E-state index contributed by atoms with van der Waals surface area (Å²) in [5.74, 6) is 0.736. The Balaban J connectivity index is 1.48. The van der Waals surface area contributed by atoms with Crippen LogP contribution >= 0.6 is 0 Å². The van der Waals surface area contributed by atoms with Crippen molar-refractivity contribution in [3.63, 3.8) is 0 Å². The van der Waals surface area contributed by atoms with Gasteiger partial charge in [-0.1, -0.05) is 30.3 Å². The Morgan fingerprint density at radius 3 is 2.50 bits per heavy atom. The molecule has 2 aliphatic rings. The molecule has 0 spiro atoms. The first-order valence-corrected chi connectivity index (χ1v) is 6.86. The lowest BCUT2D eigenvalue weighted by molar-refractivity contribution is 0.239. The van der Waals surface area contributed by atoms with Crippen LogP contribution in [0.3, 0.4) is 0 Å². The monoisotopic (exact) mass is 244 g/mol. The molecule has 18 heavy (non-hydrogen) atoms. The van der Waals surface area contributed by atoms with E-state index >= 15 is 0 Å². The van der Waals surface area contributed by atoms with Gasteiger partial charge in [0.2, 0.25) is 0 Å². The van der Waals surface area contributed by atoms with Gasteiger partial charge in [0.05, 0.1) is 0 Å². The molecule has 3 rings (SSSR count). The quantitative estimate of drug-likeness (QED) is 0.820. The third-order valence-corrected chi connectivity index (χ3v) is 4.08. The fourth-order valence-electron chi connectivity index (χ4n) is 2.38. The molecular formula is C15H20N2O. The van der Waals surface area contributed by atoms with Crippen molar-refractivity contribution in [2.75, 3.05) is 13.1 Å². The Bertz CT molecular complexity index is 421. The zero-order chi connectivity index (χ0) is 12.4. The van der Waals surface area contributed by atoms with Gasteiger partial charge in [0.25, 0.3) is 0 Å². The number of carbonyl (C=O) groups is 1. The molecule has 0 atom stereocenters. The largest absolute Gasteiger partial charge is 0.338 e. The van der Waals surface area contributed by atoms with Crippen LogP contribution < -0.4 is 10.6 Å². The molecule has 1 aromatic rings. The molecule has 3 nitrogen and oxygen atoms in total. The minimum absolute atomic E-state index is 0.0101. The van der Waals surface area contributed by atoms with E-state index in [4.69, 9.17) is 0 Å². The summed E-state index contributed by atoms with van der Waals surface area (Å²) in [6.45, 7) is 1.59. The van der Waals surface area contributed by atoms with Crippen LogP contribution in [-0.2, 0) is 5.41 Å². The van der Waals surface area contributed by atoms with Gasteiger partial charge in [-0.05, 0) is 37.2 Å². The lowest BCUT2D eigenvalue weighted by atomic mass is 9.96. The van der Waals surface area contributed by atoms with E-state index in [1.165, 1.54) is 31.2 Å². The molecule has 1 aromatic carbocycles. The van der Waals surface area contributed by atoms with Crippen LogP contribution in [0.1, 0.15) is 31.2 Å². The second-order valence-corrected chi connectivity index (χ2v) is 5.65. The molecule has 0 aliphatic heterocycles. The van der Waals surface area contributed by atoms with E-state index in [-0.39, 0.29) is 11.4 Å². The summed E-state index contributed by atoms with van der Waals surface area (Å²) in [6, 6.07) is 10.5. The number of nitrogens with one attached hydrogen (secondary N) is 2. The summed E-state index contributed by atoms with van der Waals surface area (Å²) in [7, 11) is 0. The Kier molecular flexibility index (Phi) is 2.98. The minimum Gasteiger partial charge on any atom is -0.338 e. The number of hydrogen-bond donors (Lipinski definition) is 2. The average molecular weight is 244 g/mol. The summed E-state index contributed by atoms with van der Waals surface area (Å²) < 4.78 is 0. The van der Waals surface area contributed by atoms with E-state index in [9.17, 15) is 4.79 Å². The highest BCUT2D eigenvalue weighted by atomic mass is 16.2. The minimum atomic E-state index is -0.0101. The summed E-state index contributed by atoms with van der Waals surface area (Å²) in [6.07, 6.45) is 4.91. The Morgan fingerprint density at radius 1 is 1.17 bits per heavy atom. The molecular weight excluding hydrogens is 224 g/mol. The van der Waals surface area contributed by atoms with E-state index < -0.39 is 0 Å². The third kappa shape index (κ3) is 2.66. The SMILES string of the molecule is O=C(NCC1CC1)NCC1(c2ccccc2)CC1. The lowest BCUT2D eigenvalue weighted by Gasteiger charge is -2.16. The van der Waals surface area contributed by atoms with Crippen molar-refractivity contribution in [2.45, 2.75) is 31.1 Å². The number of hydrogen-bond acceptors (Lipinski definition) is 1. The third-order valence-electron chi connectivity index (χ3n) is 4.08. The van der Waals surface area contributed by atoms with Gasteiger partial charge in [-0.2, -0.15) is 0 Å². The van der Waals surface area contributed by atoms with Crippen LogP contribution in [0, 0.1) is 5.92 Å². The summed E-state index contributed by atoms with van der Waals surface area (Å²) in [5.41, 5.74) is 1.56. The molecule has 0 bridgehead atoms.